The van der Waals surface area contributed by atoms with Crippen LogP contribution in [0.4, 0.5) is 10.8 Å². The lowest BCUT2D eigenvalue weighted by Gasteiger charge is -2.08. The summed E-state index contributed by atoms with van der Waals surface area (Å²) in [6.45, 7) is 0. The summed E-state index contributed by atoms with van der Waals surface area (Å²) in [5.74, 6) is 0.759. The quantitative estimate of drug-likeness (QED) is 0.478. The topological polar surface area (TPSA) is 116 Å². The SMILES string of the molecule is COc1ccc(Cc2nnc(NC(=O)c3cccc([N+](=O)[O-])c3)s2)cc1OC. The first kappa shape index (κ1) is 19.2. The monoisotopic (exact) mass is 400 g/mol. The standard InChI is InChI=1S/C18H16N4O5S/c1-26-14-7-6-11(8-15(14)27-2)9-16-20-21-18(28-16)19-17(23)12-4-3-5-13(10-12)22(24)25/h3-8,10H,9H2,1-2H3,(H,19,21,23). The molecule has 0 saturated heterocycles. The third kappa shape index (κ3) is 4.41. The third-order valence-corrected chi connectivity index (χ3v) is 4.65. The molecule has 1 heterocycles. The van der Waals surface area contributed by atoms with Crippen molar-refractivity contribution in [2.75, 3.05) is 19.5 Å². The zero-order chi connectivity index (χ0) is 20.1. The van der Waals surface area contributed by atoms with Crippen LogP contribution >= 0.6 is 11.3 Å². The summed E-state index contributed by atoms with van der Waals surface area (Å²) in [6.07, 6.45) is 0.505. The van der Waals surface area contributed by atoms with Crippen LogP contribution in [0.5, 0.6) is 11.5 Å². The Kier molecular flexibility index (Phi) is 5.80. The van der Waals surface area contributed by atoms with E-state index in [2.05, 4.69) is 15.5 Å². The van der Waals surface area contributed by atoms with Crippen molar-refractivity contribution in [1.29, 1.82) is 0 Å². The second-order valence-corrected chi connectivity index (χ2v) is 6.69. The first-order valence-corrected chi connectivity index (χ1v) is 8.91. The number of hydrogen-bond donors (Lipinski definition) is 1. The number of anilines is 1. The number of nitro groups is 1. The fourth-order valence-electron chi connectivity index (χ4n) is 2.47. The molecule has 0 unspecified atom stereocenters. The second-order valence-electron chi connectivity index (χ2n) is 5.63. The minimum atomic E-state index is -0.553. The molecule has 0 saturated carbocycles. The normalized spacial score (nSPS) is 10.4. The highest BCUT2D eigenvalue weighted by molar-refractivity contribution is 7.15. The first-order valence-electron chi connectivity index (χ1n) is 8.09. The number of hydrogen-bond acceptors (Lipinski definition) is 8. The first-order chi connectivity index (χ1) is 13.5. The highest BCUT2D eigenvalue weighted by Crippen LogP contribution is 2.29. The maximum Gasteiger partial charge on any atom is 0.270 e. The molecule has 2 aromatic carbocycles. The van der Waals surface area contributed by atoms with Crippen LogP contribution in [0.2, 0.25) is 0 Å². The van der Waals surface area contributed by atoms with Gasteiger partial charge in [-0.25, -0.2) is 0 Å². The molecule has 0 bridgehead atoms. The van der Waals surface area contributed by atoms with Crippen molar-refractivity contribution in [3.63, 3.8) is 0 Å². The number of non-ortho nitro benzene ring substituents is 1. The van der Waals surface area contributed by atoms with Crippen LogP contribution in [0.3, 0.4) is 0 Å². The van der Waals surface area contributed by atoms with Gasteiger partial charge in [0.25, 0.3) is 11.6 Å². The number of carbonyl (C=O) groups excluding carboxylic acids is 1. The van der Waals surface area contributed by atoms with Gasteiger partial charge < -0.3 is 9.47 Å². The van der Waals surface area contributed by atoms with Gasteiger partial charge >= 0.3 is 0 Å². The number of rotatable bonds is 7. The lowest BCUT2D eigenvalue weighted by molar-refractivity contribution is -0.384. The van der Waals surface area contributed by atoms with E-state index in [0.717, 1.165) is 5.56 Å². The number of aromatic nitrogens is 2. The maximum atomic E-state index is 12.3. The van der Waals surface area contributed by atoms with E-state index in [1.165, 1.54) is 35.6 Å². The number of methoxy groups -OCH3 is 2. The van der Waals surface area contributed by atoms with Crippen molar-refractivity contribution >= 4 is 28.1 Å². The zero-order valence-electron chi connectivity index (χ0n) is 15.0. The van der Waals surface area contributed by atoms with Crippen molar-refractivity contribution in [3.05, 3.63) is 68.7 Å². The largest absolute Gasteiger partial charge is 0.493 e. The smallest absolute Gasteiger partial charge is 0.270 e. The predicted octanol–water partition coefficient (Wildman–Crippen LogP) is 3.31. The van der Waals surface area contributed by atoms with E-state index in [4.69, 9.17) is 9.47 Å². The summed E-state index contributed by atoms with van der Waals surface area (Å²) in [4.78, 5) is 22.6. The van der Waals surface area contributed by atoms with E-state index in [0.29, 0.717) is 28.1 Å². The van der Waals surface area contributed by atoms with Gasteiger partial charge in [0.2, 0.25) is 5.13 Å². The molecule has 1 amide bonds. The molecule has 0 aliphatic carbocycles. The molecule has 0 radical (unpaired) electrons. The fourth-order valence-corrected chi connectivity index (χ4v) is 3.24. The van der Waals surface area contributed by atoms with Crippen molar-refractivity contribution in [2.45, 2.75) is 6.42 Å². The Morgan fingerprint density at radius 1 is 1.14 bits per heavy atom. The second kappa shape index (κ2) is 8.44. The Balaban J connectivity index is 1.70. The van der Waals surface area contributed by atoms with Crippen molar-refractivity contribution in [2.24, 2.45) is 0 Å². The summed E-state index contributed by atoms with van der Waals surface area (Å²) in [5.41, 5.74) is 0.968. The Hall–Kier alpha value is -3.53. The molecule has 0 atom stereocenters. The van der Waals surface area contributed by atoms with E-state index >= 15 is 0 Å². The van der Waals surface area contributed by atoms with Gasteiger partial charge in [-0.15, -0.1) is 10.2 Å². The Morgan fingerprint density at radius 3 is 2.64 bits per heavy atom. The van der Waals surface area contributed by atoms with E-state index in [-0.39, 0.29) is 11.3 Å². The summed E-state index contributed by atoms with van der Waals surface area (Å²) in [5, 5.41) is 22.5. The van der Waals surface area contributed by atoms with Gasteiger partial charge in [-0.3, -0.25) is 20.2 Å². The van der Waals surface area contributed by atoms with Gasteiger partial charge in [0.1, 0.15) is 5.01 Å². The van der Waals surface area contributed by atoms with Crippen LogP contribution in [0.25, 0.3) is 0 Å². The van der Waals surface area contributed by atoms with Gasteiger partial charge in [0.15, 0.2) is 11.5 Å². The number of benzene rings is 2. The maximum absolute atomic E-state index is 12.3. The van der Waals surface area contributed by atoms with Crippen molar-refractivity contribution in [3.8, 4) is 11.5 Å². The van der Waals surface area contributed by atoms with Gasteiger partial charge in [-0.05, 0) is 23.8 Å². The number of nitrogens with one attached hydrogen (secondary N) is 1. The molecule has 1 N–H and O–H groups in total. The minimum Gasteiger partial charge on any atom is -0.493 e. The van der Waals surface area contributed by atoms with Gasteiger partial charge in [-0.1, -0.05) is 23.5 Å². The molecule has 0 aliphatic rings. The van der Waals surface area contributed by atoms with Crippen LogP contribution in [-0.2, 0) is 6.42 Å². The zero-order valence-corrected chi connectivity index (χ0v) is 15.9. The van der Waals surface area contributed by atoms with E-state index in [9.17, 15) is 14.9 Å². The van der Waals surface area contributed by atoms with Crippen LogP contribution in [0, 0.1) is 10.1 Å². The molecule has 0 spiro atoms. The van der Waals surface area contributed by atoms with Crippen LogP contribution in [0.1, 0.15) is 20.9 Å². The lowest BCUT2D eigenvalue weighted by atomic mass is 10.1. The molecular formula is C18H16N4O5S. The highest BCUT2D eigenvalue weighted by Gasteiger charge is 2.14. The molecule has 0 aliphatic heterocycles. The Bertz CT molecular complexity index is 1020. The number of carbonyl (C=O) groups is 1. The molecule has 0 fully saturated rings. The number of nitro benzene ring substituents is 1. The molecule has 9 nitrogen and oxygen atoms in total. The third-order valence-electron chi connectivity index (χ3n) is 3.81. The number of amides is 1. The molecule has 10 heteroatoms. The number of ether oxygens (including phenoxy) is 2. The summed E-state index contributed by atoms with van der Waals surface area (Å²) >= 11 is 1.22. The predicted molar refractivity (Wildman–Crippen MR) is 103 cm³/mol. The van der Waals surface area contributed by atoms with Crippen molar-refractivity contribution in [1.82, 2.24) is 10.2 Å². The van der Waals surface area contributed by atoms with E-state index in [1.807, 2.05) is 12.1 Å². The number of nitrogens with zero attached hydrogens (tertiary/aromatic N) is 3. The van der Waals surface area contributed by atoms with Crippen LogP contribution in [-0.4, -0.2) is 35.2 Å². The minimum absolute atomic E-state index is 0.154. The molecule has 1 aromatic heterocycles. The van der Waals surface area contributed by atoms with Crippen molar-refractivity contribution < 1.29 is 19.2 Å². The van der Waals surface area contributed by atoms with Gasteiger partial charge in [0, 0.05) is 24.1 Å². The summed E-state index contributed by atoms with van der Waals surface area (Å²) < 4.78 is 10.5. The summed E-state index contributed by atoms with van der Waals surface area (Å²) in [7, 11) is 3.13. The molecule has 144 valence electrons. The molecule has 28 heavy (non-hydrogen) atoms. The molecule has 3 aromatic rings. The molecule has 3 rings (SSSR count). The average molecular weight is 400 g/mol. The highest BCUT2D eigenvalue weighted by atomic mass is 32.1. The van der Waals surface area contributed by atoms with E-state index in [1.54, 1.807) is 20.3 Å². The van der Waals surface area contributed by atoms with Crippen LogP contribution < -0.4 is 14.8 Å². The van der Waals surface area contributed by atoms with Crippen LogP contribution in [0.15, 0.2) is 42.5 Å². The average Bonchev–Trinajstić information content (AvgIpc) is 3.14. The Morgan fingerprint density at radius 2 is 1.93 bits per heavy atom. The van der Waals surface area contributed by atoms with Gasteiger partial charge in [-0.2, -0.15) is 0 Å². The lowest BCUT2D eigenvalue weighted by Crippen LogP contribution is -2.11. The fraction of sp³-hybridized carbons (Fsp3) is 0.167. The Labute approximate surface area is 164 Å². The summed E-state index contributed by atoms with van der Waals surface area (Å²) in [6, 6.07) is 11.0. The molecular weight excluding hydrogens is 384 g/mol. The van der Waals surface area contributed by atoms with E-state index < -0.39 is 10.8 Å². The van der Waals surface area contributed by atoms with Gasteiger partial charge in [0.05, 0.1) is 19.1 Å².